The molecule has 0 radical (unpaired) electrons. The van der Waals surface area contributed by atoms with Crippen LogP contribution in [0.25, 0.3) is 0 Å². The Morgan fingerprint density at radius 3 is 2.62 bits per heavy atom. The number of hydrogen-bond donors (Lipinski definition) is 3. The van der Waals surface area contributed by atoms with Gasteiger partial charge in [0.15, 0.2) is 0 Å². The summed E-state index contributed by atoms with van der Waals surface area (Å²) in [5.41, 5.74) is 5.87. The molecule has 0 aromatic carbocycles. The van der Waals surface area contributed by atoms with Crippen LogP contribution >= 0.6 is 12.4 Å². The van der Waals surface area contributed by atoms with E-state index in [9.17, 15) is 13.2 Å². The lowest BCUT2D eigenvalue weighted by Crippen LogP contribution is -2.42. The van der Waals surface area contributed by atoms with Crippen molar-refractivity contribution in [3.63, 3.8) is 0 Å². The highest BCUT2D eigenvalue weighted by atomic mass is 35.5. The number of carbonyl (C=O) groups is 1. The van der Waals surface area contributed by atoms with Gasteiger partial charge in [-0.1, -0.05) is 6.42 Å². The van der Waals surface area contributed by atoms with E-state index in [1.165, 1.54) is 0 Å². The zero-order valence-corrected chi connectivity index (χ0v) is 15.7. The Morgan fingerprint density at radius 2 is 1.96 bits per heavy atom. The van der Waals surface area contributed by atoms with Crippen molar-refractivity contribution in [2.75, 3.05) is 25.4 Å². The number of carbonyl (C=O) groups excluding carboxylic acids is 1. The lowest BCUT2D eigenvalue weighted by molar-refractivity contribution is -0.125. The highest BCUT2D eigenvalue weighted by molar-refractivity contribution is 7.89. The minimum absolute atomic E-state index is 0. The second-order valence-electron chi connectivity index (χ2n) is 6.57. The van der Waals surface area contributed by atoms with Gasteiger partial charge in [0.2, 0.25) is 15.9 Å². The number of sulfonamides is 1. The van der Waals surface area contributed by atoms with Crippen LogP contribution in [0.4, 0.5) is 0 Å². The molecule has 3 unspecified atom stereocenters. The van der Waals surface area contributed by atoms with Gasteiger partial charge in [-0.05, 0) is 38.5 Å². The predicted molar refractivity (Wildman–Crippen MR) is 95.6 cm³/mol. The summed E-state index contributed by atoms with van der Waals surface area (Å²) in [6, 6.07) is 0.0837. The van der Waals surface area contributed by atoms with Gasteiger partial charge in [0.1, 0.15) is 0 Å². The molecule has 4 N–H and O–H groups in total. The molecular weight excluding hydrogens is 354 g/mol. The molecule has 1 amide bonds. The maximum absolute atomic E-state index is 12.0. The lowest BCUT2D eigenvalue weighted by Gasteiger charge is -2.25. The molecule has 0 aromatic heterocycles. The SMILES string of the molecule is Cl.NC1CCCC(C(=O)NCCS(=O)(=O)NCC2CCCCO2)C1. The number of halogens is 1. The summed E-state index contributed by atoms with van der Waals surface area (Å²) in [4.78, 5) is 12.0. The van der Waals surface area contributed by atoms with Crippen molar-refractivity contribution in [3.8, 4) is 0 Å². The fourth-order valence-corrected chi connectivity index (χ4v) is 4.13. The number of hydrogen-bond acceptors (Lipinski definition) is 5. The highest BCUT2D eigenvalue weighted by Crippen LogP contribution is 2.22. The molecule has 3 atom stereocenters. The maximum atomic E-state index is 12.0. The second kappa shape index (κ2) is 10.6. The van der Waals surface area contributed by atoms with E-state index in [0.29, 0.717) is 19.6 Å². The van der Waals surface area contributed by atoms with Gasteiger partial charge in [-0.25, -0.2) is 13.1 Å². The topological polar surface area (TPSA) is 111 Å². The van der Waals surface area contributed by atoms with E-state index in [1.807, 2.05) is 0 Å². The van der Waals surface area contributed by atoms with Crippen molar-refractivity contribution in [1.29, 1.82) is 0 Å². The van der Waals surface area contributed by atoms with Gasteiger partial charge in [0.05, 0.1) is 11.9 Å². The van der Waals surface area contributed by atoms with Crippen LogP contribution in [-0.2, 0) is 19.6 Å². The Bertz CT molecular complexity index is 483. The molecule has 0 spiro atoms. The van der Waals surface area contributed by atoms with Crippen LogP contribution in [0.5, 0.6) is 0 Å². The average Bonchev–Trinajstić information content (AvgIpc) is 2.54. The molecule has 2 fully saturated rings. The summed E-state index contributed by atoms with van der Waals surface area (Å²) in [5, 5.41) is 2.72. The molecule has 1 saturated heterocycles. The molecule has 1 saturated carbocycles. The molecule has 142 valence electrons. The number of rotatable bonds is 7. The Labute approximate surface area is 150 Å². The van der Waals surface area contributed by atoms with Crippen molar-refractivity contribution >= 4 is 28.3 Å². The van der Waals surface area contributed by atoms with E-state index in [2.05, 4.69) is 10.0 Å². The summed E-state index contributed by atoms with van der Waals surface area (Å²) >= 11 is 0. The number of nitrogens with one attached hydrogen (secondary N) is 2. The van der Waals surface area contributed by atoms with Crippen molar-refractivity contribution in [2.45, 2.75) is 57.1 Å². The van der Waals surface area contributed by atoms with E-state index < -0.39 is 10.0 Å². The Balaban J connectivity index is 0.00000288. The Morgan fingerprint density at radius 1 is 1.17 bits per heavy atom. The van der Waals surface area contributed by atoms with E-state index in [0.717, 1.165) is 38.5 Å². The largest absolute Gasteiger partial charge is 0.377 e. The Hall–Kier alpha value is -0.410. The van der Waals surface area contributed by atoms with Crippen LogP contribution < -0.4 is 15.8 Å². The number of ether oxygens (including phenoxy) is 1. The zero-order chi connectivity index (χ0) is 16.7. The summed E-state index contributed by atoms with van der Waals surface area (Å²) < 4.78 is 32.0. The predicted octanol–water partition coefficient (Wildman–Crippen LogP) is 0.530. The van der Waals surface area contributed by atoms with Crippen LogP contribution in [0, 0.1) is 5.92 Å². The molecule has 7 nitrogen and oxygen atoms in total. The average molecular weight is 384 g/mol. The summed E-state index contributed by atoms with van der Waals surface area (Å²) in [6.45, 7) is 1.14. The molecule has 0 aromatic rings. The van der Waals surface area contributed by atoms with Gasteiger partial charge in [0, 0.05) is 31.7 Å². The lowest BCUT2D eigenvalue weighted by atomic mass is 9.85. The number of nitrogens with two attached hydrogens (primary N) is 1. The first-order chi connectivity index (χ1) is 11.0. The maximum Gasteiger partial charge on any atom is 0.223 e. The molecule has 0 bridgehead atoms. The van der Waals surface area contributed by atoms with Crippen LogP contribution in [-0.4, -0.2) is 51.9 Å². The van der Waals surface area contributed by atoms with Gasteiger partial charge in [-0.15, -0.1) is 12.4 Å². The molecule has 24 heavy (non-hydrogen) atoms. The quantitative estimate of drug-likeness (QED) is 0.594. The fourth-order valence-electron chi connectivity index (χ4n) is 3.18. The summed E-state index contributed by atoms with van der Waals surface area (Å²) in [7, 11) is -3.39. The van der Waals surface area contributed by atoms with E-state index in [1.54, 1.807) is 0 Å². The van der Waals surface area contributed by atoms with Gasteiger partial charge in [0.25, 0.3) is 0 Å². The van der Waals surface area contributed by atoms with Crippen LogP contribution in [0.1, 0.15) is 44.9 Å². The van der Waals surface area contributed by atoms with Crippen LogP contribution in [0.3, 0.4) is 0 Å². The van der Waals surface area contributed by atoms with E-state index >= 15 is 0 Å². The van der Waals surface area contributed by atoms with Crippen LogP contribution in [0.15, 0.2) is 0 Å². The molecule has 2 rings (SSSR count). The van der Waals surface area contributed by atoms with Gasteiger partial charge in [-0.2, -0.15) is 0 Å². The van der Waals surface area contributed by atoms with Crippen molar-refractivity contribution in [1.82, 2.24) is 10.0 Å². The normalized spacial score (nSPS) is 28.0. The first kappa shape index (κ1) is 21.6. The smallest absolute Gasteiger partial charge is 0.223 e. The minimum Gasteiger partial charge on any atom is -0.377 e. The first-order valence-corrected chi connectivity index (χ1v) is 10.2. The van der Waals surface area contributed by atoms with Crippen molar-refractivity contribution in [3.05, 3.63) is 0 Å². The van der Waals surface area contributed by atoms with Crippen molar-refractivity contribution in [2.24, 2.45) is 11.7 Å². The third-order valence-corrected chi connectivity index (χ3v) is 5.91. The minimum atomic E-state index is -3.39. The molecule has 9 heteroatoms. The first-order valence-electron chi connectivity index (χ1n) is 8.58. The third-order valence-electron chi connectivity index (χ3n) is 4.56. The van der Waals surface area contributed by atoms with Crippen LogP contribution in [0.2, 0.25) is 0 Å². The van der Waals surface area contributed by atoms with Gasteiger partial charge >= 0.3 is 0 Å². The summed E-state index contributed by atoms with van der Waals surface area (Å²) in [6.07, 6.45) is 6.43. The zero-order valence-electron chi connectivity index (χ0n) is 14.0. The number of amides is 1. The van der Waals surface area contributed by atoms with E-state index in [-0.39, 0.29) is 48.7 Å². The molecule has 1 aliphatic carbocycles. The van der Waals surface area contributed by atoms with E-state index in [4.69, 9.17) is 10.5 Å². The molecular formula is C15H30ClN3O4S. The van der Waals surface area contributed by atoms with Crippen molar-refractivity contribution < 1.29 is 17.9 Å². The monoisotopic (exact) mass is 383 g/mol. The molecule has 1 aliphatic heterocycles. The fraction of sp³-hybridized carbons (Fsp3) is 0.933. The second-order valence-corrected chi connectivity index (χ2v) is 8.50. The third kappa shape index (κ3) is 7.65. The summed E-state index contributed by atoms with van der Waals surface area (Å²) in [5.74, 6) is -0.263. The van der Waals surface area contributed by atoms with Gasteiger partial charge < -0.3 is 15.8 Å². The highest BCUT2D eigenvalue weighted by Gasteiger charge is 2.25. The Kier molecular flexibility index (Phi) is 9.51. The molecule has 2 aliphatic rings. The van der Waals surface area contributed by atoms with Gasteiger partial charge in [-0.3, -0.25) is 4.79 Å². The standard InChI is InChI=1S/C15H29N3O4S.ClH/c16-13-5-3-4-12(10-13)15(19)17-7-9-23(20,21)18-11-14-6-1-2-8-22-14;/h12-14,18H,1-11,16H2,(H,17,19);1H. The molecule has 1 heterocycles.